The Hall–Kier alpha value is -2.92. The standard InChI is InChI=1S/C19H22N4O5S2/c1-23-12-6-11-18(23)22-30(27,28)15-8-5-7-14(13-15)20-19(24)16-9-3-4-10-17(16)21-29(2,25)26/h3-5,7-10,13,21H,6,11-12H2,1-2H3,(H,20,24)/b22-18+. The van der Waals surface area contributed by atoms with Gasteiger partial charge < -0.3 is 10.2 Å². The zero-order valence-corrected chi connectivity index (χ0v) is 18.1. The van der Waals surface area contributed by atoms with Crippen LogP contribution in [0.25, 0.3) is 0 Å². The van der Waals surface area contributed by atoms with Gasteiger partial charge in [0.15, 0.2) is 0 Å². The van der Waals surface area contributed by atoms with Gasteiger partial charge >= 0.3 is 0 Å². The summed E-state index contributed by atoms with van der Waals surface area (Å²) in [7, 11) is -5.71. The molecule has 1 fully saturated rings. The first-order valence-corrected chi connectivity index (χ1v) is 12.4. The molecule has 0 bridgehead atoms. The van der Waals surface area contributed by atoms with Crippen molar-refractivity contribution in [1.29, 1.82) is 0 Å². The molecule has 2 N–H and O–H groups in total. The summed E-state index contributed by atoms with van der Waals surface area (Å²) in [5, 5.41) is 2.60. The molecule has 1 saturated heterocycles. The lowest BCUT2D eigenvalue weighted by Crippen LogP contribution is -2.20. The fourth-order valence-electron chi connectivity index (χ4n) is 3.00. The van der Waals surface area contributed by atoms with Crippen molar-refractivity contribution in [3.63, 3.8) is 0 Å². The van der Waals surface area contributed by atoms with Crippen molar-refractivity contribution in [2.45, 2.75) is 17.7 Å². The maximum Gasteiger partial charge on any atom is 0.284 e. The zero-order valence-electron chi connectivity index (χ0n) is 16.5. The Balaban J connectivity index is 1.85. The number of amides is 1. The Bertz CT molecular complexity index is 1210. The van der Waals surface area contributed by atoms with Gasteiger partial charge in [-0.1, -0.05) is 18.2 Å². The normalized spacial score (nSPS) is 15.9. The molecule has 0 spiro atoms. The highest BCUT2D eigenvalue weighted by Gasteiger charge is 2.21. The van der Waals surface area contributed by atoms with Gasteiger partial charge in [-0.2, -0.15) is 8.42 Å². The molecular weight excluding hydrogens is 428 g/mol. The summed E-state index contributed by atoms with van der Waals surface area (Å²) in [5.74, 6) is -0.0802. The van der Waals surface area contributed by atoms with Gasteiger partial charge in [0.25, 0.3) is 15.9 Å². The van der Waals surface area contributed by atoms with Gasteiger partial charge in [-0.15, -0.1) is 4.40 Å². The topological polar surface area (TPSA) is 125 Å². The van der Waals surface area contributed by atoms with Crippen molar-refractivity contribution in [3.8, 4) is 0 Å². The molecule has 160 valence electrons. The van der Waals surface area contributed by atoms with Crippen LogP contribution < -0.4 is 10.0 Å². The number of carbonyl (C=O) groups is 1. The van der Waals surface area contributed by atoms with Gasteiger partial charge in [-0.3, -0.25) is 9.52 Å². The van der Waals surface area contributed by atoms with Crippen LogP contribution in [0.4, 0.5) is 11.4 Å². The van der Waals surface area contributed by atoms with E-state index in [1.807, 2.05) is 0 Å². The van der Waals surface area contributed by atoms with Crippen molar-refractivity contribution < 1.29 is 21.6 Å². The van der Waals surface area contributed by atoms with Crippen LogP contribution in [0.2, 0.25) is 0 Å². The maximum atomic E-state index is 12.7. The maximum absolute atomic E-state index is 12.7. The highest BCUT2D eigenvalue weighted by atomic mass is 32.2. The number of para-hydroxylation sites is 1. The molecule has 0 aromatic heterocycles. The Morgan fingerprint density at radius 3 is 2.47 bits per heavy atom. The summed E-state index contributed by atoms with van der Waals surface area (Å²) in [5.41, 5.74) is 0.469. The quantitative estimate of drug-likeness (QED) is 0.695. The molecule has 0 radical (unpaired) electrons. The number of anilines is 2. The molecule has 1 aliphatic heterocycles. The number of amidine groups is 1. The van der Waals surface area contributed by atoms with Gasteiger partial charge in [0, 0.05) is 25.7 Å². The van der Waals surface area contributed by atoms with Gasteiger partial charge in [-0.05, 0) is 36.8 Å². The first-order valence-electron chi connectivity index (χ1n) is 9.08. The zero-order chi connectivity index (χ0) is 21.9. The molecule has 0 atom stereocenters. The summed E-state index contributed by atoms with van der Waals surface area (Å²) in [6, 6.07) is 11.9. The minimum absolute atomic E-state index is 0.0457. The van der Waals surface area contributed by atoms with Crippen LogP contribution in [-0.4, -0.2) is 53.3 Å². The summed E-state index contributed by atoms with van der Waals surface area (Å²) in [6.07, 6.45) is 2.43. The van der Waals surface area contributed by atoms with Crippen LogP contribution in [0.1, 0.15) is 23.2 Å². The predicted octanol–water partition coefficient (Wildman–Crippen LogP) is 2.12. The van der Waals surface area contributed by atoms with Gasteiger partial charge in [0.05, 0.1) is 22.4 Å². The van der Waals surface area contributed by atoms with E-state index in [1.54, 1.807) is 30.1 Å². The number of sulfonamides is 2. The lowest BCUT2D eigenvalue weighted by atomic mass is 10.1. The number of hydrogen-bond donors (Lipinski definition) is 2. The number of carbonyl (C=O) groups excluding carboxylic acids is 1. The summed E-state index contributed by atoms with van der Waals surface area (Å²) in [6.45, 7) is 0.755. The second kappa shape index (κ2) is 8.44. The third-order valence-corrected chi connectivity index (χ3v) is 6.31. The first-order chi connectivity index (χ1) is 14.0. The molecule has 9 nitrogen and oxygen atoms in total. The molecule has 1 amide bonds. The Morgan fingerprint density at radius 2 is 1.80 bits per heavy atom. The Kier molecular flexibility index (Phi) is 6.13. The largest absolute Gasteiger partial charge is 0.362 e. The SMILES string of the molecule is CN1CCC/C1=N\S(=O)(=O)c1cccc(NC(=O)c2ccccc2NS(C)(=O)=O)c1. The number of likely N-dealkylation sites (tertiary alicyclic amines) is 1. The molecule has 3 rings (SSSR count). The molecule has 0 unspecified atom stereocenters. The molecule has 2 aromatic carbocycles. The molecule has 11 heteroatoms. The predicted molar refractivity (Wildman–Crippen MR) is 116 cm³/mol. The van der Waals surface area contributed by atoms with Crippen LogP contribution in [0, 0.1) is 0 Å². The number of nitrogens with one attached hydrogen (secondary N) is 2. The summed E-state index contributed by atoms with van der Waals surface area (Å²) >= 11 is 0. The fourth-order valence-corrected chi connectivity index (χ4v) is 4.72. The van der Waals surface area contributed by atoms with E-state index in [4.69, 9.17) is 0 Å². The van der Waals surface area contributed by atoms with Gasteiger partial charge in [-0.25, -0.2) is 8.42 Å². The number of rotatable bonds is 6. The average molecular weight is 451 g/mol. The van der Waals surface area contributed by atoms with E-state index in [9.17, 15) is 21.6 Å². The lowest BCUT2D eigenvalue weighted by Gasteiger charge is -2.12. The van der Waals surface area contributed by atoms with Crippen molar-refractivity contribution >= 4 is 43.2 Å². The van der Waals surface area contributed by atoms with Gasteiger partial charge in [0.1, 0.15) is 5.84 Å². The first kappa shape index (κ1) is 21.8. The van der Waals surface area contributed by atoms with E-state index in [0.717, 1.165) is 19.2 Å². The van der Waals surface area contributed by atoms with E-state index >= 15 is 0 Å². The second-order valence-corrected chi connectivity index (χ2v) is 10.3. The minimum atomic E-state index is -3.93. The fraction of sp³-hybridized carbons (Fsp3) is 0.263. The second-order valence-electron chi connectivity index (χ2n) is 6.91. The lowest BCUT2D eigenvalue weighted by molar-refractivity contribution is 0.102. The highest BCUT2D eigenvalue weighted by molar-refractivity contribution is 7.92. The molecule has 0 aliphatic carbocycles. The minimum Gasteiger partial charge on any atom is -0.362 e. The monoisotopic (exact) mass is 450 g/mol. The smallest absolute Gasteiger partial charge is 0.284 e. The van der Waals surface area contributed by atoms with E-state index < -0.39 is 26.0 Å². The van der Waals surface area contributed by atoms with Crippen molar-refractivity contribution in [1.82, 2.24) is 4.90 Å². The van der Waals surface area contributed by atoms with Crippen molar-refractivity contribution in [2.75, 3.05) is 29.9 Å². The molecule has 0 saturated carbocycles. The molecular formula is C19H22N4O5S2. The van der Waals surface area contributed by atoms with Crippen LogP contribution in [0.5, 0.6) is 0 Å². The Morgan fingerprint density at radius 1 is 1.07 bits per heavy atom. The van der Waals surface area contributed by atoms with Crippen LogP contribution >= 0.6 is 0 Å². The van der Waals surface area contributed by atoms with E-state index in [2.05, 4.69) is 14.4 Å². The molecule has 30 heavy (non-hydrogen) atoms. The highest BCUT2D eigenvalue weighted by Crippen LogP contribution is 2.22. The van der Waals surface area contributed by atoms with Gasteiger partial charge in [0.2, 0.25) is 10.0 Å². The summed E-state index contributed by atoms with van der Waals surface area (Å²) in [4.78, 5) is 14.4. The Labute approximate surface area is 175 Å². The van der Waals surface area contributed by atoms with Crippen molar-refractivity contribution in [2.24, 2.45) is 4.40 Å². The molecule has 1 aliphatic rings. The van der Waals surface area contributed by atoms with Crippen LogP contribution in [0.15, 0.2) is 57.8 Å². The number of nitrogens with zero attached hydrogens (tertiary/aromatic N) is 2. The van der Waals surface area contributed by atoms with E-state index in [1.165, 1.54) is 30.3 Å². The van der Waals surface area contributed by atoms with E-state index in [-0.39, 0.29) is 21.8 Å². The molecule has 2 aromatic rings. The van der Waals surface area contributed by atoms with E-state index in [0.29, 0.717) is 12.3 Å². The van der Waals surface area contributed by atoms with Crippen LogP contribution in [0.3, 0.4) is 0 Å². The summed E-state index contributed by atoms with van der Waals surface area (Å²) < 4.78 is 54.6. The molecule has 1 heterocycles. The van der Waals surface area contributed by atoms with Crippen LogP contribution in [-0.2, 0) is 20.0 Å². The number of benzene rings is 2. The third-order valence-electron chi connectivity index (χ3n) is 4.42. The number of hydrogen-bond acceptors (Lipinski definition) is 5. The van der Waals surface area contributed by atoms with Crippen molar-refractivity contribution in [3.05, 3.63) is 54.1 Å². The third kappa shape index (κ3) is 5.36. The average Bonchev–Trinajstić information content (AvgIpc) is 3.05.